The molecule has 2 heteroatoms. The van der Waals surface area contributed by atoms with E-state index >= 15 is 0 Å². The van der Waals surface area contributed by atoms with Crippen LogP contribution in [0.1, 0.15) is 24.8 Å². The average molecular weight is 222 g/mol. The minimum atomic E-state index is 0.315. The Kier molecular flexibility index (Phi) is 3.71. The standard InChI is InChI=1S/C13H18OS/c1-10(8-14)9-15-13-7-12(13)11-5-3-2-4-6-11/h2-6,10,12-14H,7-9H2,1H3. The molecule has 1 aliphatic rings. The van der Waals surface area contributed by atoms with Gasteiger partial charge in [-0.3, -0.25) is 0 Å². The first-order valence-corrected chi connectivity index (χ1v) is 6.63. The van der Waals surface area contributed by atoms with Crippen LogP contribution in [0, 0.1) is 5.92 Å². The van der Waals surface area contributed by atoms with Gasteiger partial charge in [-0.05, 0) is 29.6 Å². The molecule has 82 valence electrons. The van der Waals surface area contributed by atoms with E-state index in [1.54, 1.807) is 0 Å². The number of aliphatic hydroxyl groups excluding tert-OH is 1. The molecule has 1 nitrogen and oxygen atoms in total. The Bertz CT molecular complexity index is 299. The predicted molar refractivity (Wildman–Crippen MR) is 66.3 cm³/mol. The first-order chi connectivity index (χ1) is 7.31. The van der Waals surface area contributed by atoms with Crippen LogP contribution >= 0.6 is 11.8 Å². The maximum Gasteiger partial charge on any atom is 0.0464 e. The SMILES string of the molecule is CC(CO)CSC1CC1c1ccccc1. The van der Waals surface area contributed by atoms with E-state index in [0.717, 1.165) is 16.9 Å². The van der Waals surface area contributed by atoms with Crippen LogP contribution in [0.4, 0.5) is 0 Å². The molecule has 0 bridgehead atoms. The summed E-state index contributed by atoms with van der Waals surface area (Å²) < 4.78 is 0. The van der Waals surface area contributed by atoms with Gasteiger partial charge in [0, 0.05) is 11.9 Å². The van der Waals surface area contributed by atoms with Crippen LogP contribution in [0.3, 0.4) is 0 Å². The molecule has 0 aromatic heterocycles. The van der Waals surface area contributed by atoms with Crippen LogP contribution in [-0.4, -0.2) is 22.7 Å². The van der Waals surface area contributed by atoms with Crippen molar-refractivity contribution >= 4 is 11.8 Å². The Labute approximate surface area is 95.9 Å². The smallest absolute Gasteiger partial charge is 0.0464 e. The van der Waals surface area contributed by atoms with Gasteiger partial charge in [0.1, 0.15) is 0 Å². The summed E-state index contributed by atoms with van der Waals surface area (Å²) in [6.07, 6.45) is 1.31. The van der Waals surface area contributed by atoms with Crippen molar-refractivity contribution < 1.29 is 5.11 Å². The summed E-state index contributed by atoms with van der Waals surface area (Å²) in [6.45, 7) is 2.42. The van der Waals surface area contributed by atoms with Crippen molar-refractivity contribution in [3.63, 3.8) is 0 Å². The molecule has 3 atom stereocenters. The minimum absolute atomic E-state index is 0.315. The van der Waals surface area contributed by atoms with Gasteiger partial charge in [0.2, 0.25) is 0 Å². The molecule has 0 heterocycles. The van der Waals surface area contributed by atoms with Crippen molar-refractivity contribution in [2.45, 2.75) is 24.5 Å². The van der Waals surface area contributed by atoms with Crippen LogP contribution < -0.4 is 0 Å². The lowest BCUT2D eigenvalue weighted by atomic mass is 10.1. The monoisotopic (exact) mass is 222 g/mol. The molecule has 0 amide bonds. The Morgan fingerprint density at radius 2 is 2.13 bits per heavy atom. The van der Waals surface area contributed by atoms with Gasteiger partial charge in [0.15, 0.2) is 0 Å². The van der Waals surface area contributed by atoms with Gasteiger partial charge in [0.25, 0.3) is 0 Å². The van der Waals surface area contributed by atoms with E-state index in [-0.39, 0.29) is 0 Å². The van der Waals surface area contributed by atoms with Crippen LogP contribution in [-0.2, 0) is 0 Å². The second-order valence-corrected chi connectivity index (χ2v) is 5.68. The summed E-state index contributed by atoms with van der Waals surface area (Å²) in [5.41, 5.74) is 1.48. The number of benzene rings is 1. The van der Waals surface area contributed by atoms with Gasteiger partial charge >= 0.3 is 0 Å². The maximum absolute atomic E-state index is 8.94. The molecule has 1 saturated carbocycles. The molecule has 0 spiro atoms. The molecular weight excluding hydrogens is 204 g/mol. The molecule has 0 aliphatic heterocycles. The van der Waals surface area contributed by atoms with E-state index in [1.165, 1.54) is 12.0 Å². The number of hydrogen-bond acceptors (Lipinski definition) is 2. The Hall–Kier alpha value is -0.470. The molecule has 1 aromatic carbocycles. The summed E-state index contributed by atoms with van der Waals surface area (Å²) in [4.78, 5) is 0. The van der Waals surface area contributed by atoms with Gasteiger partial charge in [-0.15, -0.1) is 0 Å². The van der Waals surface area contributed by atoms with Crippen molar-refractivity contribution in [1.82, 2.24) is 0 Å². The second kappa shape index (κ2) is 5.04. The quantitative estimate of drug-likeness (QED) is 0.826. The van der Waals surface area contributed by atoms with Gasteiger partial charge in [-0.1, -0.05) is 37.3 Å². The topological polar surface area (TPSA) is 20.2 Å². The Balaban J connectivity index is 1.77. The summed E-state index contributed by atoms with van der Waals surface area (Å²) >= 11 is 2.02. The third-order valence-corrected chi connectivity index (χ3v) is 4.58. The van der Waals surface area contributed by atoms with Gasteiger partial charge in [-0.25, -0.2) is 0 Å². The molecule has 1 aromatic rings. The van der Waals surface area contributed by atoms with Crippen LogP contribution in [0.15, 0.2) is 30.3 Å². The minimum Gasteiger partial charge on any atom is -0.396 e. The Morgan fingerprint density at radius 3 is 2.80 bits per heavy atom. The predicted octanol–water partition coefficient (Wildman–Crippen LogP) is 2.90. The van der Waals surface area contributed by atoms with E-state index in [9.17, 15) is 0 Å². The number of rotatable bonds is 5. The average Bonchev–Trinajstić information content (AvgIpc) is 3.06. The summed E-state index contributed by atoms with van der Waals surface area (Å²) in [5, 5.41) is 9.73. The first kappa shape index (κ1) is 11.0. The number of aliphatic hydroxyl groups is 1. The third-order valence-electron chi connectivity index (χ3n) is 2.87. The molecule has 15 heavy (non-hydrogen) atoms. The summed E-state index contributed by atoms with van der Waals surface area (Å²) in [6, 6.07) is 10.8. The highest BCUT2D eigenvalue weighted by Crippen LogP contribution is 2.49. The van der Waals surface area contributed by atoms with Crippen molar-refractivity contribution in [3.05, 3.63) is 35.9 Å². The van der Waals surface area contributed by atoms with E-state index in [4.69, 9.17) is 5.11 Å². The van der Waals surface area contributed by atoms with E-state index in [1.807, 2.05) is 11.8 Å². The fraction of sp³-hybridized carbons (Fsp3) is 0.538. The number of thioether (sulfide) groups is 1. The van der Waals surface area contributed by atoms with Crippen molar-refractivity contribution in [2.24, 2.45) is 5.92 Å². The fourth-order valence-corrected chi connectivity index (χ4v) is 3.16. The summed E-state index contributed by atoms with van der Waals surface area (Å²) in [5.74, 6) is 2.29. The molecule has 2 rings (SSSR count). The number of hydrogen-bond donors (Lipinski definition) is 1. The van der Waals surface area contributed by atoms with Crippen molar-refractivity contribution in [2.75, 3.05) is 12.4 Å². The van der Waals surface area contributed by atoms with Crippen LogP contribution in [0.2, 0.25) is 0 Å². The highest BCUT2D eigenvalue weighted by Gasteiger charge is 2.38. The van der Waals surface area contributed by atoms with Gasteiger partial charge < -0.3 is 5.11 Å². The van der Waals surface area contributed by atoms with Gasteiger partial charge in [-0.2, -0.15) is 11.8 Å². The zero-order chi connectivity index (χ0) is 10.7. The lowest BCUT2D eigenvalue weighted by molar-refractivity contribution is 0.250. The lowest BCUT2D eigenvalue weighted by Gasteiger charge is -2.06. The fourth-order valence-electron chi connectivity index (χ4n) is 1.75. The highest BCUT2D eigenvalue weighted by atomic mass is 32.2. The van der Waals surface area contributed by atoms with E-state index < -0.39 is 0 Å². The molecule has 1 fully saturated rings. The lowest BCUT2D eigenvalue weighted by Crippen LogP contribution is -2.04. The van der Waals surface area contributed by atoms with Crippen LogP contribution in [0.5, 0.6) is 0 Å². The van der Waals surface area contributed by atoms with Crippen LogP contribution in [0.25, 0.3) is 0 Å². The van der Waals surface area contributed by atoms with Crippen molar-refractivity contribution in [3.8, 4) is 0 Å². The zero-order valence-corrected chi connectivity index (χ0v) is 9.91. The first-order valence-electron chi connectivity index (χ1n) is 5.58. The maximum atomic E-state index is 8.94. The molecule has 0 saturated heterocycles. The largest absolute Gasteiger partial charge is 0.396 e. The second-order valence-electron chi connectivity index (χ2n) is 4.41. The Morgan fingerprint density at radius 1 is 1.40 bits per heavy atom. The highest BCUT2D eigenvalue weighted by molar-refractivity contribution is 8.00. The molecular formula is C13H18OS. The molecule has 1 N–H and O–H groups in total. The normalized spacial score (nSPS) is 26.3. The van der Waals surface area contributed by atoms with E-state index in [0.29, 0.717) is 12.5 Å². The molecule has 3 unspecified atom stereocenters. The van der Waals surface area contributed by atoms with Gasteiger partial charge in [0.05, 0.1) is 0 Å². The molecule has 1 aliphatic carbocycles. The third kappa shape index (κ3) is 2.99. The van der Waals surface area contributed by atoms with Crippen molar-refractivity contribution in [1.29, 1.82) is 0 Å². The zero-order valence-electron chi connectivity index (χ0n) is 9.10. The van der Waals surface area contributed by atoms with E-state index in [2.05, 4.69) is 37.3 Å². The summed E-state index contributed by atoms with van der Waals surface area (Å²) in [7, 11) is 0. The molecule has 0 radical (unpaired) electrons.